The number of halogens is 3. The van der Waals surface area contributed by atoms with Gasteiger partial charge in [-0.15, -0.1) is 0 Å². The summed E-state index contributed by atoms with van der Waals surface area (Å²) in [5.41, 5.74) is 1.22. The first kappa shape index (κ1) is 16.7. The molecular formula is C13H11BrCl2N2O2S. The highest BCUT2D eigenvalue weighted by atomic mass is 79.9. The van der Waals surface area contributed by atoms with Gasteiger partial charge in [-0.3, -0.25) is 0 Å². The van der Waals surface area contributed by atoms with Gasteiger partial charge in [-0.2, -0.15) is 0 Å². The Hall–Kier alpha value is -0.690. The third-order valence-corrected chi connectivity index (χ3v) is 5.49. The molecule has 1 heterocycles. The van der Waals surface area contributed by atoms with E-state index in [-0.39, 0.29) is 16.1 Å². The lowest BCUT2D eigenvalue weighted by Gasteiger charge is -2.12. The van der Waals surface area contributed by atoms with Crippen LogP contribution in [0, 0.1) is 0 Å². The van der Waals surface area contributed by atoms with E-state index in [9.17, 15) is 8.42 Å². The summed E-state index contributed by atoms with van der Waals surface area (Å²) in [4.78, 5) is 8.16. The van der Waals surface area contributed by atoms with Crippen LogP contribution in [0.3, 0.4) is 0 Å². The van der Waals surface area contributed by atoms with Crippen molar-refractivity contribution in [2.45, 2.75) is 12.2 Å². The Morgan fingerprint density at radius 1 is 1.19 bits per heavy atom. The van der Waals surface area contributed by atoms with Gasteiger partial charge in [-0.25, -0.2) is 18.4 Å². The van der Waals surface area contributed by atoms with E-state index in [0.717, 1.165) is 16.3 Å². The van der Waals surface area contributed by atoms with Gasteiger partial charge in [0.15, 0.2) is 9.84 Å². The van der Waals surface area contributed by atoms with Crippen LogP contribution in [-0.2, 0) is 9.84 Å². The summed E-state index contributed by atoms with van der Waals surface area (Å²) in [6, 6.07) is 7.35. The van der Waals surface area contributed by atoms with Crippen molar-refractivity contribution in [2.75, 3.05) is 6.26 Å². The maximum absolute atomic E-state index is 11.6. The first-order chi connectivity index (χ1) is 9.70. The molecule has 0 bridgehead atoms. The Balaban J connectivity index is 2.58. The van der Waals surface area contributed by atoms with E-state index in [1.807, 2.05) is 24.3 Å². The SMILES string of the molecule is CC(c1nc(Cl)c(-c2cccc(Br)c2)c(Cl)n1)S(C)(=O)=O. The Bertz CT molecular complexity index is 774. The summed E-state index contributed by atoms with van der Waals surface area (Å²) in [6.07, 6.45) is 1.12. The van der Waals surface area contributed by atoms with Crippen LogP contribution in [0.1, 0.15) is 18.0 Å². The number of sulfone groups is 1. The minimum absolute atomic E-state index is 0.0891. The highest BCUT2D eigenvalue weighted by Crippen LogP contribution is 2.35. The van der Waals surface area contributed by atoms with E-state index in [4.69, 9.17) is 23.2 Å². The lowest BCUT2D eigenvalue weighted by atomic mass is 10.1. The molecule has 2 rings (SSSR count). The summed E-state index contributed by atoms with van der Waals surface area (Å²) < 4.78 is 24.0. The van der Waals surface area contributed by atoms with E-state index >= 15 is 0 Å². The minimum Gasteiger partial charge on any atom is -0.228 e. The highest BCUT2D eigenvalue weighted by Gasteiger charge is 2.23. The molecule has 0 amide bonds. The Kier molecular flexibility index (Phi) is 4.92. The zero-order valence-electron chi connectivity index (χ0n) is 11.1. The molecule has 4 nitrogen and oxygen atoms in total. The van der Waals surface area contributed by atoms with Crippen LogP contribution in [0.15, 0.2) is 28.7 Å². The monoisotopic (exact) mass is 408 g/mol. The molecule has 0 saturated carbocycles. The van der Waals surface area contributed by atoms with Crippen molar-refractivity contribution in [2.24, 2.45) is 0 Å². The van der Waals surface area contributed by atoms with Gasteiger partial charge in [0.1, 0.15) is 21.4 Å². The van der Waals surface area contributed by atoms with Crippen molar-refractivity contribution in [1.82, 2.24) is 9.97 Å². The largest absolute Gasteiger partial charge is 0.228 e. The van der Waals surface area contributed by atoms with Crippen LogP contribution in [0.5, 0.6) is 0 Å². The van der Waals surface area contributed by atoms with Gasteiger partial charge >= 0.3 is 0 Å². The summed E-state index contributed by atoms with van der Waals surface area (Å²) in [5, 5.41) is -0.624. The smallest absolute Gasteiger partial charge is 0.157 e. The van der Waals surface area contributed by atoms with Gasteiger partial charge in [0.05, 0.1) is 5.56 Å². The van der Waals surface area contributed by atoms with Crippen molar-refractivity contribution in [3.05, 3.63) is 44.9 Å². The number of nitrogens with zero attached hydrogens (tertiary/aromatic N) is 2. The maximum atomic E-state index is 11.6. The van der Waals surface area contributed by atoms with Gasteiger partial charge in [0, 0.05) is 10.7 Å². The Labute approximate surface area is 141 Å². The van der Waals surface area contributed by atoms with Crippen LogP contribution >= 0.6 is 39.1 Å². The third-order valence-electron chi connectivity index (χ3n) is 2.96. The zero-order chi connectivity index (χ0) is 15.8. The second-order valence-corrected chi connectivity index (χ2v) is 8.52. The molecule has 0 radical (unpaired) electrons. The lowest BCUT2D eigenvalue weighted by Crippen LogP contribution is -2.12. The van der Waals surface area contributed by atoms with E-state index in [0.29, 0.717) is 5.56 Å². The molecule has 1 aromatic carbocycles. The topological polar surface area (TPSA) is 59.9 Å². The molecule has 0 N–H and O–H groups in total. The Morgan fingerprint density at radius 2 is 1.76 bits per heavy atom. The molecule has 0 fully saturated rings. The summed E-state index contributed by atoms with van der Waals surface area (Å²) in [6.45, 7) is 1.50. The zero-order valence-corrected chi connectivity index (χ0v) is 15.1. The van der Waals surface area contributed by atoms with Gasteiger partial charge in [0.25, 0.3) is 0 Å². The molecule has 0 spiro atoms. The van der Waals surface area contributed by atoms with Gasteiger partial charge < -0.3 is 0 Å². The average molecular weight is 410 g/mol. The van der Waals surface area contributed by atoms with Gasteiger partial charge in [-0.1, -0.05) is 51.3 Å². The molecule has 112 valence electrons. The molecule has 0 aliphatic rings. The molecule has 1 unspecified atom stereocenters. The van der Waals surface area contributed by atoms with E-state index in [2.05, 4.69) is 25.9 Å². The maximum Gasteiger partial charge on any atom is 0.157 e. The molecule has 8 heteroatoms. The van der Waals surface area contributed by atoms with Crippen LogP contribution in [-0.4, -0.2) is 24.6 Å². The second-order valence-electron chi connectivity index (χ2n) is 4.52. The minimum atomic E-state index is -3.32. The average Bonchev–Trinajstić information content (AvgIpc) is 2.36. The Morgan fingerprint density at radius 3 is 2.24 bits per heavy atom. The van der Waals surface area contributed by atoms with E-state index in [1.54, 1.807) is 0 Å². The number of hydrogen-bond donors (Lipinski definition) is 0. The molecule has 0 saturated heterocycles. The van der Waals surface area contributed by atoms with Crippen molar-refractivity contribution < 1.29 is 8.42 Å². The third kappa shape index (κ3) is 3.74. The predicted molar refractivity (Wildman–Crippen MR) is 88.4 cm³/mol. The standard InChI is InChI=1S/C13H11BrCl2N2O2S/c1-7(21(2,19)20)13-17-11(15)10(12(16)18-13)8-4-3-5-9(14)6-8/h3-7H,1-2H3. The van der Waals surface area contributed by atoms with Crippen LogP contribution in [0.2, 0.25) is 10.3 Å². The second kappa shape index (κ2) is 6.20. The van der Waals surface area contributed by atoms with E-state index < -0.39 is 15.1 Å². The van der Waals surface area contributed by atoms with Crippen molar-refractivity contribution in [3.63, 3.8) is 0 Å². The van der Waals surface area contributed by atoms with Crippen molar-refractivity contribution >= 4 is 49.0 Å². The first-order valence-corrected chi connectivity index (χ1v) is 9.38. The molecule has 0 aliphatic heterocycles. The molecule has 1 atom stereocenters. The fraction of sp³-hybridized carbons (Fsp3) is 0.231. The molecule has 21 heavy (non-hydrogen) atoms. The number of rotatable bonds is 3. The normalized spacial score (nSPS) is 13.2. The van der Waals surface area contributed by atoms with Crippen molar-refractivity contribution in [1.29, 1.82) is 0 Å². The number of hydrogen-bond acceptors (Lipinski definition) is 4. The molecule has 1 aromatic heterocycles. The number of benzene rings is 1. The van der Waals surface area contributed by atoms with Gasteiger partial charge in [0.2, 0.25) is 0 Å². The molecule has 2 aromatic rings. The molecular weight excluding hydrogens is 399 g/mol. The molecule has 0 aliphatic carbocycles. The lowest BCUT2D eigenvalue weighted by molar-refractivity contribution is 0.589. The summed E-state index contributed by atoms with van der Waals surface area (Å²) in [7, 11) is -3.32. The predicted octanol–water partition coefficient (Wildman–Crippen LogP) is 4.32. The number of aromatic nitrogens is 2. The van der Waals surface area contributed by atoms with E-state index in [1.165, 1.54) is 6.92 Å². The van der Waals surface area contributed by atoms with Crippen LogP contribution in [0.25, 0.3) is 11.1 Å². The summed E-state index contributed by atoms with van der Waals surface area (Å²) >= 11 is 15.7. The quantitative estimate of drug-likeness (QED) is 0.708. The fourth-order valence-corrected chi connectivity index (χ4v) is 3.18. The fourth-order valence-electron chi connectivity index (χ4n) is 1.68. The van der Waals surface area contributed by atoms with Gasteiger partial charge in [-0.05, 0) is 24.6 Å². The summed E-state index contributed by atoms with van der Waals surface area (Å²) in [5.74, 6) is 0.0891. The first-order valence-electron chi connectivity index (χ1n) is 5.88. The van der Waals surface area contributed by atoms with Crippen molar-refractivity contribution in [3.8, 4) is 11.1 Å². The van der Waals surface area contributed by atoms with Crippen LogP contribution < -0.4 is 0 Å². The van der Waals surface area contributed by atoms with Crippen LogP contribution in [0.4, 0.5) is 0 Å². The highest BCUT2D eigenvalue weighted by molar-refractivity contribution is 9.10.